The van der Waals surface area contributed by atoms with Crippen LogP contribution in [0.1, 0.15) is 11.3 Å². The minimum atomic E-state index is 0.0640. The average Bonchev–Trinajstić information content (AvgIpc) is 3.10. The summed E-state index contributed by atoms with van der Waals surface area (Å²) in [5.41, 5.74) is 4.51. The van der Waals surface area contributed by atoms with Crippen LogP contribution in [0.5, 0.6) is 0 Å². The Balaban J connectivity index is 2.02. The van der Waals surface area contributed by atoms with Crippen molar-refractivity contribution in [1.29, 1.82) is 0 Å². The molecule has 1 aromatic carbocycles. The van der Waals surface area contributed by atoms with Crippen molar-refractivity contribution in [1.82, 2.24) is 24.1 Å². The van der Waals surface area contributed by atoms with Crippen LogP contribution in [0, 0.1) is 13.8 Å². The highest BCUT2D eigenvalue weighted by molar-refractivity contribution is 6.33. The standard InChI is InChI=1S/C17H16ClN5O/c1-10-11(2)22(7-8-24)16-14(10)17-20-15(21-23(17)9-19-16)12-5-3-4-6-13(12)18/h3-6,9,24H,7-8H2,1-2H3. The lowest BCUT2D eigenvalue weighted by Gasteiger charge is -2.04. The SMILES string of the molecule is Cc1c(C)n(CCO)c2ncn3nc(-c4ccccc4Cl)nc3c12. The molecule has 24 heavy (non-hydrogen) atoms. The topological polar surface area (TPSA) is 68.2 Å². The van der Waals surface area contributed by atoms with Gasteiger partial charge in [0, 0.05) is 17.8 Å². The van der Waals surface area contributed by atoms with Crippen LogP contribution >= 0.6 is 11.6 Å². The van der Waals surface area contributed by atoms with E-state index in [0.717, 1.165) is 33.5 Å². The third-order valence-corrected chi connectivity index (χ3v) is 4.71. The summed E-state index contributed by atoms with van der Waals surface area (Å²) >= 11 is 6.27. The van der Waals surface area contributed by atoms with Crippen molar-refractivity contribution in [3.63, 3.8) is 0 Å². The second-order valence-corrected chi connectivity index (χ2v) is 6.12. The van der Waals surface area contributed by atoms with E-state index in [-0.39, 0.29) is 6.61 Å². The number of halogens is 1. The van der Waals surface area contributed by atoms with Crippen LogP contribution < -0.4 is 0 Å². The Bertz CT molecular complexity index is 1070. The van der Waals surface area contributed by atoms with E-state index in [1.54, 1.807) is 10.8 Å². The second kappa shape index (κ2) is 5.58. The number of rotatable bonds is 3. The third kappa shape index (κ3) is 2.11. The molecular weight excluding hydrogens is 326 g/mol. The fraction of sp³-hybridized carbons (Fsp3) is 0.235. The number of aliphatic hydroxyl groups is 1. The fourth-order valence-electron chi connectivity index (χ4n) is 3.06. The van der Waals surface area contributed by atoms with E-state index in [0.29, 0.717) is 17.4 Å². The van der Waals surface area contributed by atoms with Gasteiger partial charge in [-0.1, -0.05) is 23.7 Å². The van der Waals surface area contributed by atoms with Gasteiger partial charge < -0.3 is 9.67 Å². The van der Waals surface area contributed by atoms with E-state index in [1.165, 1.54) is 0 Å². The number of benzene rings is 1. The minimum Gasteiger partial charge on any atom is -0.395 e. The summed E-state index contributed by atoms with van der Waals surface area (Å²) in [7, 11) is 0. The van der Waals surface area contributed by atoms with Crippen LogP contribution in [0.15, 0.2) is 30.6 Å². The zero-order chi connectivity index (χ0) is 16.8. The molecule has 122 valence electrons. The molecule has 4 aromatic rings. The zero-order valence-electron chi connectivity index (χ0n) is 13.4. The van der Waals surface area contributed by atoms with Gasteiger partial charge in [-0.15, -0.1) is 5.10 Å². The monoisotopic (exact) mass is 341 g/mol. The van der Waals surface area contributed by atoms with E-state index in [1.807, 2.05) is 42.7 Å². The van der Waals surface area contributed by atoms with Gasteiger partial charge in [0.25, 0.3) is 0 Å². The number of aliphatic hydroxyl groups excluding tert-OH is 1. The molecule has 0 spiro atoms. The summed E-state index contributed by atoms with van der Waals surface area (Å²) in [5, 5.41) is 15.4. The van der Waals surface area contributed by atoms with E-state index in [9.17, 15) is 5.11 Å². The predicted molar refractivity (Wildman–Crippen MR) is 93.3 cm³/mol. The van der Waals surface area contributed by atoms with E-state index in [2.05, 4.69) is 10.1 Å². The molecule has 0 unspecified atom stereocenters. The van der Waals surface area contributed by atoms with Gasteiger partial charge >= 0.3 is 0 Å². The van der Waals surface area contributed by atoms with Gasteiger partial charge in [-0.05, 0) is 31.5 Å². The molecule has 1 N–H and O–H groups in total. The molecule has 3 aromatic heterocycles. The summed E-state index contributed by atoms with van der Waals surface area (Å²) in [4.78, 5) is 9.22. The van der Waals surface area contributed by atoms with Crippen LogP contribution in [0.4, 0.5) is 0 Å². The Morgan fingerprint density at radius 2 is 1.96 bits per heavy atom. The van der Waals surface area contributed by atoms with Gasteiger partial charge in [-0.3, -0.25) is 0 Å². The summed E-state index contributed by atoms with van der Waals surface area (Å²) in [6.07, 6.45) is 1.65. The van der Waals surface area contributed by atoms with Crippen molar-refractivity contribution in [3.05, 3.63) is 46.9 Å². The smallest absolute Gasteiger partial charge is 0.183 e. The molecule has 0 aliphatic carbocycles. The quantitative estimate of drug-likeness (QED) is 0.622. The molecule has 6 nitrogen and oxygen atoms in total. The second-order valence-electron chi connectivity index (χ2n) is 5.71. The maximum Gasteiger partial charge on any atom is 0.183 e. The number of hydrogen-bond acceptors (Lipinski definition) is 4. The number of nitrogens with zero attached hydrogens (tertiary/aromatic N) is 5. The summed E-state index contributed by atoms with van der Waals surface area (Å²) in [6, 6.07) is 7.51. The number of fused-ring (bicyclic) bond motifs is 3. The lowest BCUT2D eigenvalue weighted by molar-refractivity contribution is 0.276. The highest BCUT2D eigenvalue weighted by atomic mass is 35.5. The first-order valence-corrected chi connectivity index (χ1v) is 8.06. The van der Waals surface area contributed by atoms with E-state index in [4.69, 9.17) is 16.6 Å². The average molecular weight is 342 g/mol. The predicted octanol–water partition coefficient (Wildman–Crippen LogP) is 3.01. The molecule has 0 radical (unpaired) electrons. The van der Waals surface area contributed by atoms with Crippen molar-refractivity contribution in [2.75, 3.05) is 6.61 Å². The molecule has 0 aliphatic heterocycles. The van der Waals surface area contributed by atoms with Crippen molar-refractivity contribution >= 4 is 28.3 Å². The highest BCUT2D eigenvalue weighted by Gasteiger charge is 2.18. The summed E-state index contributed by atoms with van der Waals surface area (Å²) in [5.74, 6) is 0.571. The number of hydrogen-bond donors (Lipinski definition) is 1. The number of aryl methyl sites for hydroxylation is 1. The van der Waals surface area contributed by atoms with Crippen LogP contribution in [0.3, 0.4) is 0 Å². The molecule has 0 saturated heterocycles. The van der Waals surface area contributed by atoms with Crippen LogP contribution in [0.25, 0.3) is 28.1 Å². The molecule has 0 amide bonds. The molecule has 0 atom stereocenters. The number of aromatic nitrogens is 5. The van der Waals surface area contributed by atoms with E-state index >= 15 is 0 Å². The zero-order valence-corrected chi connectivity index (χ0v) is 14.1. The first-order chi connectivity index (χ1) is 11.6. The Kier molecular flexibility index (Phi) is 3.51. The molecule has 3 heterocycles. The Hall–Kier alpha value is -2.44. The molecular formula is C17H16ClN5O. The van der Waals surface area contributed by atoms with Crippen LogP contribution in [-0.4, -0.2) is 35.9 Å². The van der Waals surface area contributed by atoms with Crippen molar-refractivity contribution in [3.8, 4) is 11.4 Å². The van der Waals surface area contributed by atoms with Gasteiger partial charge in [0.2, 0.25) is 0 Å². The minimum absolute atomic E-state index is 0.0640. The van der Waals surface area contributed by atoms with E-state index < -0.39 is 0 Å². The van der Waals surface area contributed by atoms with Crippen molar-refractivity contribution in [2.24, 2.45) is 0 Å². The first-order valence-electron chi connectivity index (χ1n) is 7.68. The molecule has 0 aliphatic rings. The lowest BCUT2D eigenvalue weighted by Crippen LogP contribution is -2.05. The van der Waals surface area contributed by atoms with Crippen molar-refractivity contribution < 1.29 is 5.11 Å². The maximum absolute atomic E-state index is 9.31. The Morgan fingerprint density at radius 1 is 1.17 bits per heavy atom. The van der Waals surface area contributed by atoms with Crippen molar-refractivity contribution in [2.45, 2.75) is 20.4 Å². The fourth-order valence-corrected chi connectivity index (χ4v) is 3.28. The molecule has 4 rings (SSSR count). The van der Waals surface area contributed by atoms with Gasteiger partial charge in [0.15, 0.2) is 11.5 Å². The van der Waals surface area contributed by atoms with Gasteiger partial charge in [-0.25, -0.2) is 14.5 Å². The molecule has 0 fully saturated rings. The van der Waals surface area contributed by atoms with Gasteiger partial charge in [-0.2, -0.15) is 0 Å². The summed E-state index contributed by atoms with van der Waals surface area (Å²) in [6.45, 7) is 4.63. The Morgan fingerprint density at radius 3 is 2.71 bits per heavy atom. The lowest BCUT2D eigenvalue weighted by atomic mass is 10.2. The normalized spacial score (nSPS) is 11.7. The maximum atomic E-state index is 9.31. The highest BCUT2D eigenvalue weighted by Crippen LogP contribution is 2.30. The van der Waals surface area contributed by atoms with Crippen LogP contribution in [0.2, 0.25) is 5.02 Å². The molecule has 0 saturated carbocycles. The summed E-state index contributed by atoms with van der Waals surface area (Å²) < 4.78 is 3.69. The first kappa shape index (κ1) is 15.1. The molecule has 7 heteroatoms. The van der Waals surface area contributed by atoms with Gasteiger partial charge in [0.05, 0.1) is 17.0 Å². The molecule has 0 bridgehead atoms. The van der Waals surface area contributed by atoms with Crippen LogP contribution in [-0.2, 0) is 6.54 Å². The van der Waals surface area contributed by atoms with Gasteiger partial charge in [0.1, 0.15) is 12.0 Å². The third-order valence-electron chi connectivity index (χ3n) is 4.38. The largest absolute Gasteiger partial charge is 0.395 e. The Labute approximate surface area is 143 Å².